The molecule has 1 aliphatic carbocycles. The van der Waals surface area contributed by atoms with E-state index in [1.165, 1.54) is 49.4 Å². The number of carbonyl (C=O) groups is 1. The number of hydrogen-bond acceptors (Lipinski definition) is 4. The van der Waals surface area contributed by atoms with Gasteiger partial charge in [-0.1, -0.05) is 19.3 Å². The van der Waals surface area contributed by atoms with Gasteiger partial charge in [-0.05, 0) is 18.8 Å². The largest absolute Gasteiger partial charge is 0.350 e. The molecule has 6 heteroatoms. The van der Waals surface area contributed by atoms with E-state index in [1.54, 1.807) is 0 Å². The van der Waals surface area contributed by atoms with Gasteiger partial charge in [-0.25, -0.2) is 9.67 Å². The SMILES string of the molecule is NCC(NC(=O)Cn1cncn1)C1CCCCC1. The van der Waals surface area contributed by atoms with Gasteiger partial charge in [0.2, 0.25) is 5.91 Å². The van der Waals surface area contributed by atoms with Crippen LogP contribution in [0.1, 0.15) is 32.1 Å². The van der Waals surface area contributed by atoms with E-state index in [-0.39, 0.29) is 18.5 Å². The molecule has 0 saturated heterocycles. The van der Waals surface area contributed by atoms with E-state index in [1.807, 2.05) is 0 Å². The maximum absolute atomic E-state index is 11.9. The van der Waals surface area contributed by atoms with Crippen molar-refractivity contribution in [3.63, 3.8) is 0 Å². The lowest BCUT2D eigenvalue weighted by molar-refractivity contribution is -0.123. The fourth-order valence-corrected chi connectivity index (χ4v) is 2.62. The summed E-state index contributed by atoms with van der Waals surface area (Å²) in [4.78, 5) is 15.7. The van der Waals surface area contributed by atoms with Gasteiger partial charge in [-0.3, -0.25) is 4.79 Å². The Hall–Kier alpha value is -1.43. The van der Waals surface area contributed by atoms with Crippen LogP contribution in [0.4, 0.5) is 0 Å². The van der Waals surface area contributed by atoms with Crippen LogP contribution in [-0.4, -0.2) is 33.3 Å². The highest BCUT2D eigenvalue weighted by Crippen LogP contribution is 2.26. The minimum absolute atomic E-state index is 0.0403. The molecule has 1 aromatic heterocycles. The number of nitrogens with one attached hydrogen (secondary N) is 1. The van der Waals surface area contributed by atoms with Crippen molar-refractivity contribution in [2.75, 3.05) is 6.54 Å². The fourth-order valence-electron chi connectivity index (χ4n) is 2.62. The smallest absolute Gasteiger partial charge is 0.242 e. The number of rotatable bonds is 5. The van der Waals surface area contributed by atoms with Gasteiger partial charge < -0.3 is 11.1 Å². The average Bonchev–Trinajstić information content (AvgIpc) is 2.90. The third-order valence-corrected chi connectivity index (χ3v) is 3.59. The first kappa shape index (κ1) is 13.0. The Kier molecular flexibility index (Phi) is 4.69. The second-order valence-corrected chi connectivity index (χ2v) is 4.90. The van der Waals surface area contributed by atoms with Crippen molar-refractivity contribution in [3.05, 3.63) is 12.7 Å². The van der Waals surface area contributed by atoms with Crippen molar-refractivity contribution < 1.29 is 4.79 Å². The summed E-state index contributed by atoms with van der Waals surface area (Å²) in [6, 6.07) is 0.0984. The monoisotopic (exact) mass is 251 g/mol. The van der Waals surface area contributed by atoms with E-state index >= 15 is 0 Å². The predicted molar refractivity (Wildman–Crippen MR) is 67.6 cm³/mol. The molecule has 1 saturated carbocycles. The molecule has 3 N–H and O–H groups in total. The average molecular weight is 251 g/mol. The van der Waals surface area contributed by atoms with Crippen molar-refractivity contribution >= 4 is 5.91 Å². The lowest BCUT2D eigenvalue weighted by Gasteiger charge is -2.30. The van der Waals surface area contributed by atoms with Crippen LogP contribution in [0.25, 0.3) is 0 Å². The number of hydrogen-bond donors (Lipinski definition) is 2. The van der Waals surface area contributed by atoms with Crippen LogP contribution in [-0.2, 0) is 11.3 Å². The first-order valence-corrected chi connectivity index (χ1v) is 6.61. The summed E-state index contributed by atoms with van der Waals surface area (Å²) < 4.78 is 1.52. The summed E-state index contributed by atoms with van der Waals surface area (Å²) in [6.07, 6.45) is 9.12. The summed E-state index contributed by atoms with van der Waals surface area (Å²) >= 11 is 0. The third-order valence-electron chi connectivity index (χ3n) is 3.59. The number of nitrogens with zero attached hydrogens (tertiary/aromatic N) is 3. The summed E-state index contributed by atoms with van der Waals surface area (Å²) in [5.74, 6) is 0.491. The minimum atomic E-state index is -0.0403. The zero-order chi connectivity index (χ0) is 12.8. The van der Waals surface area contributed by atoms with Crippen LogP contribution in [0.5, 0.6) is 0 Å². The minimum Gasteiger partial charge on any atom is -0.350 e. The van der Waals surface area contributed by atoms with E-state index in [4.69, 9.17) is 5.73 Å². The fraction of sp³-hybridized carbons (Fsp3) is 0.750. The predicted octanol–water partition coefficient (Wildman–Crippen LogP) is 0.302. The number of aromatic nitrogens is 3. The molecule has 0 radical (unpaired) electrons. The van der Waals surface area contributed by atoms with Gasteiger partial charge in [0.1, 0.15) is 19.2 Å². The van der Waals surface area contributed by atoms with Gasteiger partial charge >= 0.3 is 0 Å². The molecule has 1 aliphatic rings. The maximum atomic E-state index is 11.9. The molecule has 1 heterocycles. The Balaban J connectivity index is 1.83. The van der Waals surface area contributed by atoms with E-state index in [0.717, 1.165) is 0 Å². The Morgan fingerprint density at radius 2 is 2.22 bits per heavy atom. The Labute approximate surface area is 107 Å². The topological polar surface area (TPSA) is 85.8 Å². The molecule has 0 bridgehead atoms. The van der Waals surface area contributed by atoms with Crippen LogP contribution in [0, 0.1) is 5.92 Å². The zero-order valence-corrected chi connectivity index (χ0v) is 10.6. The van der Waals surface area contributed by atoms with Gasteiger partial charge in [-0.15, -0.1) is 0 Å². The molecular weight excluding hydrogens is 230 g/mol. The van der Waals surface area contributed by atoms with Gasteiger partial charge in [0.15, 0.2) is 0 Å². The molecule has 1 aromatic rings. The number of amides is 1. The Morgan fingerprint density at radius 3 is 2.83 bits per heavy atom. The molecule has 6 nitrogen and oxygen atoms in total. The molecule has 0 aromatic carbocycles. The lowest BCUT2D eigenvalue weighted by atomic mass is 9.84. The summed E-state index contributed by atoms with van der Waals surface area (Å²) in [7, 11) is 0. The Bertz CT molecular complexity index is 359. The number of nitrogens with two attached hydrogens (primary N) is 1. The van der Waals surface area contributed by atoms with Gasteiger partial charge in [0.05, 0.1) is 0 Å². The van der Waals surface area contributed by atoms with Gasteiger partial charge in [0.25, 0.3) is 0 Å². The van der Waals surface area contributed by atoms with Gasteiger partial charge in [-0.2, -0.15) is 5.10 Å². The molecule has 0 spiro atoms. The van der Waals surface area contributed by atoms with Gasteiger partial charge in [0, 0.05) is 12.6 Å². The molecule has 18 heavy (non-hydrogen) atoms. The second kappa shape index (κ2) is 6.49. The quantitative estimate of drug-likeness (QED) is 0.788. The van der Waals surface area contributed by atoms with Crippen molar-refractivity contribution in [2.24, 2.45) is 11.7 Å². The van der Waals surface area contributed by atoms with Crippen molar-refractivity contribution in [3.8, 4) is 0 Å². The second-order valence-electron chi connectivity index (χ2n) is 4.90. The first-order chi connectivity index (χ1) is 8.79. The lowest BCUT2D eigenvalue weighted by Crippen LogP contribution is -2.47. The Morgan fingerprint density at radius 1 is 1.44 bits per heavy atom. The normalized spacial score (nSPS) is 18.5. The van der Waals surface area contributed by atoms with Crippen molar-refractivity contribution in [1.82, 2.24) is 20.1 Å². The maximum Gasteiger partial charge on any atom is 0.242 e. The highest BCUT2D eigenvalue weighted by Gasteiger charge is 2.23. The summed E-state index contributed by atoms with van der Waals surface area (Å²) in [5.41, 5.74) is 5.78. The van der Waals surface area contributed by atoms with Crippen molar-refractivity contribution in [1.29, 1.82) is 0 Å². The van der Waals surface area contributed by atoms with Crippen LogP contribution in [0.2, 0.25) is 0 Å². The van der Waals surface area contributed by atoms with Crippen LogP contribution < -0.4 is 11.1 Å². The number of carbonyl (C=O) groups excluding carboxylic acids is 1. The summed E-state index contributed by atoms with van der Waals surface area (Å²) in [6.45, 7) is 0.719. The van der Waals surface area contributed by atoms with E-state index in [2.05, 4.69) is 15.4 Å². The molecular formula is C12H21N5O. The van der Waals surface area contributed by atoms with Crippen LogP contribution in [0.3, 0.4) is 0 Å². The molecule has 100 valence electrons. The molecule has 1 fully saturated rings. The zero-order valence-electron chi connectivity index (χ0n) is 10.6. The first-order valence-electron chi connectivity index (χ1n) is 6.61. The van der Waals surface area contributed by atoms with Crippen LogP contribution in [0.15, 0.2) is 12.7 Å². The van der Waals surface area contributed by atoms with E-state index in [0.29, 0.717) is 12.5 Å². The molecule has 0 aliphatic heterocycles. The highest BCUT2D eigenvalue weighted by molar-refractivity contribution is 5.75. The standard InChI is InChI=1S/C12H21N5O/c13-6-11(10-4-2-1-3-5-10)16-12(18)7-17-9-14-8-15-17/h8-11H,1-7,13H2,(H,16,18). The van der Waals surface area contributed by atoms with Crippen LogP contribution >= 0.6 is 0 Å². The molecule has 1 unspecified atom stereocenters. The molecule has 1 amide bonds. The van der Waals surface area contributed by atoms with Crippen molar-refractivity contribution in [2.45, 2.75) is 44.7 Å². The highest BCUT2D eigenvalue weighted by atomic mass is 16.2. The van der Waals surface area contributed by atoms with E-state index < -0.39 is 0 Å². The summed E-state index contributed by atoms with van der Waals surface area (Å²) in [5, 5.41) is 6.94. The third kappa shape index (κ3) is 3.53. The van der Waals surface area contributed by atoms with E-state index in [9.17, 15) is 4.79 Å². The molecule has 1 atom stereocenters. The molecule has 2 rings (SSSR count).